The summed E-state index contributed by atoms with van der Waals surface area (Å²) >= 11 is 5.46. The number of aryl methyl sites for hydroxylation is 1. The Bertz CT molecular complexity index is 1060. The number of aromatic nitrogens is 1. The van der Waals surface area contributed by atoms with Crippen LogP contribution in [0.25, 0.3) is 0 Å². The van der Waals surface area contributed by atoms with Gasteiger partial charge in [-0.25, -0.2) is 30.7 Å². The number of anilines is 1. The number of nitrogens with one attached hydrogen (secondary N) is 2. The quantitative estimate of drug-likeness (QED) is 0.538. The molecule has 0 aliphatic heterocycles. The largest absolute Gasteiger partial charge is 0.345 e. The molecule has 3 rings (SSSR count). The molecular formula is C17H16ClF4N3O3S. The Morgan fingerprint density at radius 3 is 2.55 bits per heavy atom. The molecule has 12 heteroatoms. The van der Waals surface area contributed by atoms with Gasteiger partial charge in [-0.3, -0.25) is 4.79 Å². The first-order chi connectivity index (χ1) is 13.5. The SMILES string of the molecule is Cn1cc(S(=O)(=O)NC2CCC(F)C2F)cc1C(=O)Nc1ccc(F)c(Cl)c1F. The lowest BCUT2D eigenvalue weighted by molar-refractivity contribution is 0.101. The molecule has 2 N–H and O–H groups in total. The van der Waals surface area contributed by atoms with Crippen molar-refractivity contribution in [2.75, 3.05) is 5.32 Å². The molecule has 29 heavy (non-hydrogen) atoms. The average molecular weight is 454 g/mol. The summed E-state index contributed by atoms with van der Waals surface area (Å²) in [7, 11) is -2.86. The Labute approximate surface area is 168 Å². The molecule has 1 aromatic heterocycles. The predicted octanol–water partition coefficient (Wildman–Crippen LogP) is 3.33. The minimum absolute atomic E-state index is 0.00629. The number of amides is 1. The van der Waals surface area contributed by atoms with Gasteiger partial charge in [0.2, 0.25) is 10.0 Å². The second-order valence-electron chi connectivity index (χ2n) is 6.61. The van der Waals surface area contributed by atoms with E-state index >= 15 is 0 Å². The first-order valence-corrected chi connectivity index (χ1v) is 10.3. The van der Waals surface area contributed by atoms with Crippen molar-refractivity contribution in [3.8, 4) is 0 Å². The smallest absolute Gasteiger partial charge is 0.272 e. The summed E-state index contributed by atoms with van der Waals surface area (Å²) in [6.07, 6.45) is -2.69. The molecule has 6 nitrogen and oxygen atoms in total. The summed E-state index contributed by atoms with van der Waals surface area (Å²) in [6, 6.07) is 1.61. The van der Waals surface area contributed by atoms with Gasteiger partial charge in [-0.05, 0) is 31.0 Å². The number of nitrogens with zero attached hydrogens (tertiary/aromatic N) is 1. The number of sulfonamides is 1. The van der Waals surface area contributed by atoms with Crippen LogP contribution in [-0.4, -0.2) is 37.3 Å². The van der Waals surface area contributed by atoms with Crippen LogP contribution in [0.2, 0.25) is 5.02 Å². The van der Waals surface area contributed by atoms with Crippen molar-refractivity contribution in [2.24, 2.45) is 7.05 Å². The summed E-state index contributed by atoms with van der Waals surface area (Å²) in [6.45, 7) is 0. The van der Waals surface area contributed by atoms with Crippen LogP contribution in [0.15, 0.2) is 29.3 Å². The fourth-order valence-corrected chi connectivity index (χ4v) is 4.53. The Balaban J connectivity index is 1.81. The van der Waals surface area contributed by atoms with Crippen LogP contribution in [0.5, 0.6) is 0 Å². The maximum absolute atomic E-state index is 14.0. The summed E-state index contributed by atoms with van der Waals surface area (Å²) in [5.41, 5.74) is -0.567. The van der Waals surface area contributed by atoms with E-state index in [0.29, 0.717) is 0 Å². The van der Waals surface area contributed by atoms with Crippen molar-refractivity contribution in [1.82, 2.24) is 9.29 Å². The van der Waals surface area contributed by atoms with Crippen molar-refractivity contribution in [3.05, 3.63) is 46.7 Å². The lowest BCUT2D eigenvalue weighted by atomic mass is 10.2. The van der Waals surface area contributed by atoms with Gasteiger partial charge in [0.05, 0.1) is 11.7 Å². The fourth-order valence-electron chi connectivity index (χ4n) is 3.02. The number of carbonyl (C=O) groups excluding carboxylic acids is 1. The Morgan fingerprint density at radius 2 is 1.93 bits per heavy atom. The van der Waals surface area contributed by atoms with Crippen molar-refractivity contribution in [3.63, 3.8) is 0 Å². The molecule has 1 fully saturated rings. The van der Waals surface area contributed by atoms with Crippen LogP contribution >= 0.6 is 11.6 Å². The molecule has 158 valence electrons. The molecule has 1 aliphatic rings. The number of halogens is 5. The first kappa shape index (κ1) is 21.6. The van der Waals surface area contributed by atoms with Crippen LogP contribution in [0, 0.1) is 11.6 Å². The molecule has 0 bridgehead atoms. The van der Waals surface area contributed by atoms with E-state index in [1.807, 2.05) is 0 Å². The molecule has 1 aromatic carbocycles. The van der Waals surface area contributed by atoms with E-state index in [2.05, 4.69) is 10.0 Å². The van der Waals surface area contributed by atoms with Crippen LogP contribution < -0.4 is 10.0 Å². The highest BCUT2D eigenvalue weighted by Gasteiger charge is 2.39. The van der Waals surface area contributed by atoms with Crippen LogP contribution in [0.1, 0.15) is 23.3 Å². The van der Waals surface area contributed by atoms with Crippen LogP contribution in [0.3, 0.4) is 0 Å². The van der Waals surface area contributed by atoms with E-state index in [1.165, 1.54) is 7.05 Å². The number of carbonyl (C=O) groups is 1. The van der Waals surface area contributed by atoms with Gasteiger partial charge in [-0.15, -0.1) is 0 Å². The highest BCUT2D eigenvalue weighted by molar-refractivity contribution is 7.89. The molecular weight excluding hydrogens is 438 g/mol. The lowest BCUT2D eigenvalue weighted by Gasteiger charge is -2.14. The van der Waals surface area contributed by atoms with Crippen LogP contribution in [-0.2, 0) is 17.1 Å². The standard InChI is InChI=1S/C17H16ClF4N3O3S/c1-25-7-8(29(27,28)24-12-5-3-10(20)15(12)21)6-13(25)17(26)23-11-4-2-9(19)14(18)16(11)22/h2,4,6-7,10,12,15,24H,3,5H2,1H3,(H,23,26). The maximum Gasteiger partial charge on any atom is 0.272 e. The van der Waals surface area contributed by atoms with Gasteiger partial charge < -0.3 is 9.88 Å². The second-order valence-corrected chi connectivity index (χ2v) is 8.71. The maximum atomic E-state index is 14.0. The molecule has 0 spiro atoms. The van der Waals surface area contributed by atoms with Crippen LogP contribution in [0.4, 0.5) is 23.2 Å². The van der Waals surface area contributed by atoms with Gasteiger partial charge in [0.15, 0.2) is 5.82 Å². The molecule has 3 atom stereocenters. The van der Waals surface area contributed by atoms with Gasteiger partial charge >= 0.3 is 0 Å². The van der Waals surface area contributed by atoms with E-state index in [4.69, 9.17) is 11.6 Å². The number of benzene rings is 1. The lowest BCUT2D eigenvalue weighted by Crippen LogP contribution is -2.40. The number of hydrogen-bond acceptors (Lipinski definition) is 3. The zero-order valence-corrected chi connectivity index (χ0v) is 16.5. The average Bonchev–Trinajstić information content (AvgIpc) is 3.20. The number of alkyl halides is 2. The van der Waals surface area contributed by atoms with E-state index < -0.39 is 56.7 Å². The molecule has 1 heterocycles. The molecule has 3 unspecified atom stereocenters. The Kier molecular flexibility index (Phi) is 5.93. The normalized spacial score (nSPS) is 22.1. The van der Waals surface area contributed by atoms with E-state index in [1.54, 1.807) is 0 Å². The van der Waals surface area contributed by atoms with Gasteiger partial charge in [0.1, 0.15) is 33.8 Å². The van der Waals surface area contributed by atoms with E-state index in [0.717, 1.165) is 29.0 Å². The van der Waals surface area contributed by atoms with Crippen molar-refractivity contribution < 1.29 is 30.8 Å². The fraction of sp³-hybridized carbons (Fsp3) is 0.353. The highest BCUT2D eigenvalue weighted by Crippen LogP contribution is 2.28. The zero-order valence-electron chi connectivity index (χ0n) is 14.9. The van der Waals surface area contributed by atoms with Crippen molar-refractivity contribution in [1.29, 1.82) is 0 Å². The van der Waals surface area contributed by atoms with Gasteiger partial charge in [-0.1, -0.05) is 11.6 Å². The van der Waals surface area contributed by atoms with Gasteiger partial charge in [-0.2, -0.15) is 0 Å². The minimum Gasteiger partial charge on any atom is -0.345 e. The highest BCUT2D eigenvalue weighted by atomic mass is 35.5. The predicted molar refractivity (Wildman–Crippen MR) is 97.9 cm³/mol. The Morgan fingerprint density at radius 1 is 1.24 bits per heavy atom. The topological polar surface area (TPSA) is 80.2 Å². The number of rotatable bonds is 5. The molecule has 1 amide bonds. The van der Waals surface area contributed by atoms with Gasteiger partial charge in [0, 0.05) is 13.2 Å². The first-order valence-electron chi connectivity index (χ1n) is 8.43. The monoisotopic (exact) mass is 453 g/mol. The summed E-state index contributed by atoms with van der Waals surface area (Å²) in [5.74, 6) is -3.07. The summed E-state index contributed by atoms with van der Waals surface area (Å²) in [4.78, 5) is 12.1. The molecule has 2 aromatic rings. The molecule has 0 radical (unpaired) electrons. The van der Waals surface area contributed by atoms with E-state index in [-0.39, 0.29) is 23.4 Å². The third kappa shape index (κ3) is 4.26. The third-order valence-electron chi connectivity index (χ3n) is 4.60. The molecule has 1 saturated carbocycles. The molecule has 0 saturated heterocycles. The van der Waals surface area contributed by atoms with Gasteiger partial charge in [0.25, 0.3) is 5.91 Å². The third-order valence-corrected chi connectivity index (χ3v) is 6.40. The molecule has 1 aliphatic carbocycles. The van der Waals surface area contributed by atoms with Crippen molar-refractivity contribution >= 4 is 33.2 Å². The minimum atomic E-state index is -4.23. The second kappa shape index (κ2) is 7.96. The zero-order chi connectivity index (χ0) is 21.5. The summed E-state index contributed by atoms with van der Waals surface area (Å²) < 4.78 is 82.4. The summed E-state index contributed by atoms with van der Waals surface area (Å²) in [5, 5.41) is 1.38. The van der Waals surface area contributed by atoms with E-state index in [9.17, 15) is 30.8 Å². The number of hydrogen-bond donors (Lipinski definition) is 2. The van der Waals surface area contributed by atoms with Crippen molar-refractivity contribution in [2.45, 2.75) is 36.1 Å². The Hall–Kier alpha value is -2.11.